The molecule has 1 rings (SSSR count). The van der Waals surface area contributed by atoms with Gasteiger partial charge in [-0.1, -0.05) is 0 Å². The van der Waals surface area contributed by atoms with E-state index in [4.69, 9.17) is 5.73 Å². The van der Waals surface area contributed by atoms with Crippen molar-refractivity contribution in [1.29, 1.82) is 0 Å². The Bertz CT molecular complexity index is 352. The molecular weight excluding hydrogens is 226 g/mol. The van der Waals surface area contributed by atoms with Crippen LogP contribution < -0.4 is 10.6 Å². The van der Waals surface area contributed by atoms with Crippen molar-refractivity contribution < 1.29 is 9.53 Å². The van der Waals surface area contributed by atoms with Crippen molar-refractivity contribution in [2.75, 3.05) is 32.6 Å². The number of nitrogens with zero attached hydrogens (tertiary/aromatic N) is 2. The first-order chi connectivity index (χ1) is 7.58. The standard InChI is InChI=1S/C10H17N3O2S/c1-13(2)10-12-6-8(16-10)7(5-11)4-9(14)15-3/h6-7H,4-5,11H2,1-3H3. The van der Waals surface area contributed by atoms with E-state index in [-0.39, 0.29) is 11.9 Å². The maximum Gasteiger partial charge on any atom is 0.306 e. The van der Waals surface area contributed by atoms with E-state index in [1.807, 2.05) is 19.0 Å². The van der Waals surface area contributed by atoms with Crippen molar-refractivity contribution in [3.63, 3.8) is 0 Å². The third kappa shape index (κ3) is 3.18. The number of anilines is 1. The quantitative estimate of drug-likeness (QED) is 0.775. The number of carbonyl (C=O) groups is 1. The molecule has 0 spiro atoms. The predicted molar refractivity (Wildman–Crippen MR) is 64.9 cm³/mol. The van der Waals surface area contributed by atoms with E-state index < -0.39 is 0 Å². The van der Waals surface area contributed by atoms with Gasteiger partial charge in [0, 0.05) is 37.6 Å². The lowest BCUT2D eigenvalue weighted by atomic mass is 10.1. The molecule has 0 aliphatic carbocycles. The van der Waals surface area contributed by atoms with Crippen LogP contribution in [0.5, 0.6) is 0 Å². The fourth-order valence-corrected chi connectivity index (χ4v) is 2.21. The molecule has 0 saturated heterocycles. The molecule has 16 heavy (non-hydrogen) atoms. The molecule has 0 bridgehead atoms. The van der Waals surface area contributed by atoms with Crippen LogP contribution in [0.4, 0.5) is 5.13 Å². The Labute approximate surface area is 99.2 Å². The van der Waals surface area contributed by atoms with E-state index in [0.717, 1.165) is 10.0 Å². The summed E-state index contributed by atoms with van der Waals surface area (Å²) in [6, 6.07) is 0. The molecule has 5 nitrogen and oxygen atoms in total. The number of hydrogen-bond donors (Lipinski definition) is 1. The number of aromatic nitrogens is 1. The summed E-state index contributed by atoms with van der Waals surface area (Å²) >= 11 is 1.55. The van der Waals surface area contributed by atoms with Crippen molar-refractivity contribution in [2.45, 2.75) is 12.3 Å². The van der Waals surface area contributed by atoms with Gasteiger partial charge in [0.25, 0.3) is 0 Å². The van der Waals surface area contributed by atoms with E-state index in [9.17, 15) is 4.79 Å². The Morgan fingerprint density at radius 2 is 2.38 bits per heavy atom. The van der Waals surface area contributed by atoms with Crippen LogP contribution >= 0.6 is 11.3 Å². The normalized spacial score (nSPS) is 12.2. The highest BCUT2D eigenvalue weighted by atomic mass is 32.1. The van der Waals surface area contributed by atoms with Crippen LogP contribution in [-0.4, -0.2) is 38.7 Å². The zero-order chi connectivity index (χ0) is 12.1. The third-order valence-corrected chi connectivity index (χ3v) is 3.55. The second-order valence-corrected chi connectivity index (χ2v) is 4.69. The molecule has 0 aliphatic heterocycles. The van der Waals surface area contributed by atoms with Gasteiger partial charge < -0.3 is 15.4 Å². The minimum Gasteiger partial charge on any atom is -0.469 e. The van der Waals surface area contributed by atoms with E-state index >= 15 is 0 Å². The topological polar surface area (TPSA) is 68.5 Å². The third-order valence-electron chi connectivity index (χ3n) is 2.22. The van der Waals surface area contributed by atoms with Crippen molar-refractivity contribution in [3.05, 3.63) is 11.1 Å². The van der Waals surface area contributed by atoms with Crippen LogP contribution in [0.2, 0.25) is 0 Å². The number of methoxy groups -OCH3 is 1. The van der Waals surface area contributed by atoms with E-state index in [1.54, 1.807) is 17.5 Å². The van der Waals surface area contributed by atoms with Gasteiger partial charge in [-0.2, -0.15) is 0 Å². The fourth-order valence-electron chi connectivity index (χ4n) is 1.26. The molecule has 6 heteroatoms. The van der Waals surface area contributed by atoms with Crippen molar-refractivity contribution in [2.24, 2.45) is 5.73 Å². The summed E-state index contributed by atoms with van der Waals surface area (Å²) < 4.78 is 4.64. The molecule has 1 aromatic heterocycles. The van der Waals surface area contributed by atoms with Gasteiger partial charge in [-0.3, -0.25) is 4.79 Å². The largest absolute Gasteiger partial charge is 0.469 e. The molecule has 0 aliphatic rings. The highest BCUT2D eigenvalue weighted by molar-refractivity contribution is 7.15. The zero-order valence-electron chi connectivity index (χ0n) is 9.77. The number of esters is 1. The molecule has 2 N–H and O–H groups in total. The fraction of sp³-hybridized carbons (Fsp3) is 0.600. The van der Waals surface area contributed by atoms with Crippen LogP contribution in [-0.2, 0) is 9.53 Å². The molecule has 0 fully saturated rings. The van der Waals surface area contributed by atoms with Gasteiger partial charge >= 0.3 is 5.97 Å². The molecule has 1 atom stereocenters. The lowest BCUT2D eigenvalue weighted by Gasteiger charge is -2.10. The molecule has 0 radical (unpaired) electrons. The summed E-state index contributed by atoms with van der Waals surface area (Å²) in [5.74, 6) is -0.242. The number of hydrogen-bond acceptors (Lipinski definition) is 6. The number of nitrogens with two attached hydrogens (primary N) is 1. The van der Waals surface area contributed by atoms with Crippen LogP contribution in [0.25, 0.3) is 0 Å². The highest BCUT2D eigenvalue weighted by Crippen LogP contribution is 2.28. The van der Waals surface area contributed by atoms with Crippen molar-refractivity contribution in [3.8, 4) is 0 Å². The highest BCUT2D eigenvalue weighted by Gasteiger charge is 2.18. The van der Waals surface area contributed by atoms with Gasteiger partial charge in [0.1, 0.15) is 0 Å². The molecule has 0 amide bonds. The monoisotopic (exact) mass is 243 g/mol. The summed E-state index contributed by atoms with van der Waals surface area (Å²) in [4.78, 5) is 18.4. The lowest BCUT2D eigenvalue weighted by molar-refractivity contribution is -0.141. The molecule has 1 aromatic rings. The van der Waals surface area contributed by atoms with Crippen LogP contribution in [0.1, 0.15) is 17.2 Å². The second kappa shape index (κ2) is 5.81. The average Bonchev–Trinajstić information content (AvgIpc) is 2.74. The second-order valence-electron chi connectivity index (χ2n) is 3.65. The molecule has 90 valence electrons. The number of carbonyl (C=O) groups excluding carboxylic acids is 1. The smallest absolute Gasteiger partial charge is 0.306 e. The Hall–Kier alpha value is -1.14. The van der Waals surface area contributed by atoms with Gasteiger partial charge in [0.2, 0.25) is 0 Å². The summed E-state index contributed by atoms with van der Waals surface area (Å²) in [6.45, 7) is 0.421. The number of rotatable bonds is 5. The minimum atomic E-state index is -0.241. The van der Waals surface area contributed by atoms with Crippen molar-refractivity contribution in [1.82, 2.24) is 4.98 Å². The number of thiazole rings is 1. The maximum absolute atomic E-state index is 11.2. The SMILES string of the molecule is COC(=O)CC(CN)c1cnc(N(C)C)s1. The summed E-state index contributed by atoms with van der Waals surface area (Å²) in [7, 11) is 5.24. The van der Waals surface area contributed by atoms with E-state index in [2.05, 4.69) is 9.72 Å². The molecular formula is C10H17N3O2S. The van der Waals surface area contributed by atoms with Crippen LogP contribution in [0.15, 0.2) is 6.20 Å². The van der Waals surface area contributed by atoms with Crippen LogP contribution in [0, 0.1) is 0 Å². The molecule has 1 heterocycles. The molecule has 0 aromatic carbocycles. The Balaban J connectivity index is 2.74. The predicted octanol–water partition coefficient (Wildman–Crippen LogP) is 0.814. The summed E-state index contributed by atoms with van der Waals surface area (Å²) in [6.07, 6.45) is 2.09. The molecule has 0 saturated carbocycles. The number of ether oxygens (including phenoxy) is 1. The van der Waals surface area contributed by atoms with Crippen molar-refractivity contribution >= 4 is 22.4 Å². The molecule has 1 unspecified atom stereocenters. The van der Waals surface area contributed by atoms with Gasteiger partial charge in [0.05, 0.1) is 13.5 Å². The zero-order valence-corrected chi connectivity index (χ0v) is 10.6. The first-order valence-corrected chi connectivity index (χ1v) is 5.80. The van der Waals surface area contributed by atoms with Crippen LogP contribution in [0.3, 0.4) is 0 Å². The maximum atomic E-state index is 11.2. The average molecular weight is 243 g/mol. The van der Waals surface area contributed by atoms with Gasteiger partial charge in [-0.15, -0.1) is 11.3 Å². The van der Waals surface area contributed by atoms with E-state index in [1.165, 1.54) is 7.11 Å². The Morgan fingerprint density at radius 3 is 2.81 bits per heavy atom. The van der Waals surface area contributed by atoms with E-state index in [0.29, 0.717) is 13.0 Å². The first kappa shape index (κ1) is 12.9. The first-order valence-electron chi connectivity index (χ1n) is 4.98. The van der Waals surface area contributed by atoms with Gasteiger partial charge in [-0.05, 0) is 0 Å². The minimum absolute atomic E-state index is 0.00125. The summed E-state index contributed by atoms with van der Waals surface area (Å²) in [5, 5.41) is 0.915. The summed E-state index contributed by atoms with van der Waals surface area (Å²) in [5.41, 5.74) is 5.65. The van der Waals surface area contributed by atoms with Gasteiger partial charge in [0.15, 0.2) is 5.13 Å². The Kier molecular flexibility index (Phi) is 4.70. The lowest BCUT2D eigenvalue weighted by Crippen LogP contribution is -2.16. The van der Waals surface area contributed by atoms with Gasteiger partial charge in [-0.25, -0.2) is 4.98 Å². The Morgan fingerprint density at radius 1 is 1.69 bits per heavy atom.